The Hall–Kier alpha value is -1.82. The molecular formula is C14H14F3N3. The zero-order valence-electron chi connectivity index (χ0n) is 10.7. The van der Waals surface area contributed by atoms with Crippen molar-refractivity contribution in [3.05, 3.63) is 53.6 Å². The topological polar surface area (TPSA) is 29.9 Å². The number of alkyl halides is 3. The first-order chi connectivity index (χ1) is 9.52. The summed E-state index contributed by atoms with van der Waals surface area (Å²) in [6.07, 6.45) is 0.0420. The Morgan fingerprint density at radius 1 is 1.25 bits per heavy atom. The number of nitrogens with one attached hydrogen (secondary N) is 1. The summed E-state index contributed by atoms with van der Waals surface area (Å²) in [4.78, 5) is 4.08. The molecule has 1 aromatic carbocycles. The van der Waals surface area contributed by atoms with Crippen LogP contribution < -0.4 is 5.32 Å². The minimum atomic E-state index is -4.27. The van der Waals surface area contributed by atoms with Gasteiger partial charge in [-0.15, -0.1) is 0 Å². The summed E-state index contributed by atoms with van der Waals surface area (Å²) in [6, 6.07) is 5.59. The first kappa shape index (κ1) is 13.2. The van der Waals surface area contributed by atoms with Gasteiger partial charge in [0.15, 0.2) is 0 Å². The molecule has 0 saturated carbocycles. The van der Waals surface area contributed by atoms with Crippen molar-refractivity contribution in [2.24, 2.45) is 0 Å². The maximum absolute atomic E-state index is 12.5. The highest BCUT2D eigenvalue weighted by Gasteiger charge is 2.30. The first-order valence-corrected chi connectivity index (χ1v) is 6.41. The van der Waals surface area contributed by atoms with E-state index in [0.29, 0.717) is 6.42 Å². The number of hydrogen-bond acceptors (Lipinski definition) is 2. The Morgan fingerprint density at radius 3 is 2.70 bits per heavy atom. The molecule has 1 aliphatic rings. The minimum absolute atomic E-state index is 0.216. The molecule has 0 radical (unpaired) electrons. The lowest BCUT2D eigenvalue weighted by atomic mass is 10.0. The zero-order valence-corrected chi connectivity index (χ0v) is 10.7. The summed E-state index contributed by atoms with van der Waals surface area (Å²) < 4.78 is 39.5. The van der Waals surface area contributed by atoms with E-state index in [2.05, 4.69) is 14.9 Å². The summed E-state index contributed by atoms with van der Waals surface area (Å²) in [5, 5.41) is 3.37. The fourth-order valence-electron chi connectivity index (χ4n) is 2.46. The van der Waals surface area contributed by atoms with Gasteiger partial charge in [-0.25, -0.2) is 4.98 Å². The molecule has 20 heavy (non-hydrogen) atoms. The van der Waals surface area contributed by atoms with Gasteiger partial charge in [0.2, 0.25) is 0 Å². The highest BCUT2D eigenvalue weighted by Crippen LogP contribution is 2.29. The number of nitrogens with zero attached hydrogens (tertiary/aromatic N) is 2. The van der Waals surface area contributed by atoms with Crippen LogP contribution in [0.1, 0.15) is 16.8 Å². The Bertz CT molecular complexity index is 586. The van der Waals surface area contributed by atoms with Crippen LogP contribution in [0.4, 0.5) is 13.2 Å². The molecule has 0 amide bonds. The molecule has 0 aliphatic carbocycles. The van der Waals surface area contributed by atoms with Gasteiger partial charge in [-0.3, -0.25) is 0 Å². The molecule has 3 nitrogen and oxygen atoms in total. The van der Waals surface area contributed by atoms with E-state index in [1.165, 1.54) is 0 Å². The number of imidazole rings is 1. The van der Waals surface area contributed by atoms with Gasteiger partial charge >= 0.3 is 6.18 Å². The molecule has 3 rings (SSSR count). The predicted molar refractivity (Wildman–Crippen MR) is 68.0 cm³/mol. The maximum Gasteiger partial charge on any atom is 0.416 e. The molecule has 1 atom stereocenters. The van der Waals surface area contributed by atoms with Gasteiger partial charge in [0.25, 0.3) is 0 Å². The molecule has 1 N–H and O–H groups in total. The van der Waals surface area contributed by atoms with Crippen molar-refractivity contribution < 1.29 is 13.2 Å². The number of hydrogen-bond donors (Lipinski definition) is 1. The summed E-state index contributed by atoms with van der Waals surface area (Å²) in [5.41, 5.74) is 1.43. The van der Waals surface area contributed by atoms with Crippen LogP contribution in [0.3, 0.4) is 0 Å². The number of aromatic nitrogens is 2. The summed E-state index contributed by atoms with van der Waals surface area (Å²) in [5.74, 6) is 0. The highest BCUT2D eigenvalue weighted by atomic mass is 19.4. The van der Waals surface area contributed by atoms with Gasteiger partial charge in [0.05, 0.1) is 17.6 Å². The van der Waals surface area contributed by atoms with Crippen LogP contribution in [0, 0.1) is 0 Å². The lowest BCUT2D eigenvalue weighted by Crippen LogP contribution is -2.39. The zero-order chi connectivity index (χ0) is 14.2. The molecule has 6 heteroatoms. The Morgan fingerprint density at radius 2 is 2.00 bits per heavy atom. The second kappa shape index (κ2) is 4.94. The monoisotopic (exact) mass is 281 g/mol. The third kappa shape index (κ3) is 2.70. The van der Waals surface area contributed by atoms with E-state index >= 15 is 0 Å². The second-order valence-electron chi connectivity index (χ2n) is 5.01. The summed E-state index contributed by atoms with van der Waals surface area (Å²) >= 11 is 0. The van der Waals surface area contributed by atoms with E-state index in [1.807, 2.05) is 6.20 Å². The third-order valence-electron chi connectivity index (χ3n) is 3.55. The van der Waals surface area contributed by atoms with Crippen LogP contribution in [-0.4, -0.2) is 15.6 Å². The molecule has 0 fully saturated rings. The van der Waals surface area contributed by atoms with E-state index in [1.54, 1.807) is 18.5 Å². The normalized spacial score (nSPS) is 18.9. The minimum Gasteiger partial charge on any atom is -0.332 e. The van der Waals surface area contributed by atoms with Crippen LogP contribution in [0.5, 0.6) is 0 Å². The maximum atomic E-state index is 12.5. The Kier molecular flexibility index (Phi) is 3.25. The lowest BCUT2D eigenvalue weighted by molar-refractivity contribution is -0.137. The quantitative estimate of drug-likeness (QED) is 0.917. The van der Waals surface area contributed by atoms with Crippen LogP contribution in [0.2, 0.25) is 0 Å². The fourth-order valence-corrected chi connectivity index (χ4v) is 2.46. The van der Waals surface area contributed by atoms with Gasteiger partial charge in [0.1, 0.15) is 0 Å². The molecule has 2 aromatic rings. The molecule has 2 heterocycles. The van der Waals surface area contributed by atoms with Gasteiger partial charge in [0, 0.05) is 25.3 Å². The van der Waals surface area contributed by atoms with Gasteiger partial charge in [-0.2, -0.15) is 13.2 Å². The van der Waals surface area contributed by atoms with Crippen LogP contribution in [0.15, 0.2) is 36.8 Å². The number of benzene rings is 1. The molecule has 0 bridgehead atoms. The average Bonchev–Trinajstić information content (AvgIpc) is 2.86. The highest BCUT2D eigenvalue weighted by molar-refractivity contribution is 5.25. The lowest BCUT2D eigenvalue weighted by Gasteiger charge is -2.25. The Balaban J connectivity index is 1.67. The van der Waals surface area contributed by atoms with Crippen molar-refractivity contribution in [1.82, 2.24) is 14.9 Å². The van der Waals surface area contributed by atoms with Crippen molar-refractivity contribution in [2.45, 2.75) is 31.7 Å². The Labute approximate surface area is 114 Å². The van der Waals surface area contributed by atoms with Crippen molar-refractivity contribution in [1.29, 1.82) is 0 Å². The molecule has 0 unspecified atom stereocenters. The van der Waals surface area contributed by atoms with Crippen molar-refractivity contribution in [3.63, 3.8) is 0 Å². The first-order valence-electron chi connectivity index (χ1n) is 6.41. The summed E-state index contributed by atoms with van der Waals surface area (Å²) in [7, 11) is 0. The van der Waals surface area contributed by atoms with Crippen molar-refractivity contribution >= 4 is 0 Å². The predicted octanol–water partition coefficient (Wildman–Crippen LogP) is 2.62. The molecular weight excluding hydrogens is 267 g/mol. The van der Waals surface area contributed by atoms with Crippen LogP contribution in [-0.2, 0) is 25.7 Å². The van der Waals surface area contributed by atoms with Gasteiger partial charge in [-0.1, -0.05) is 12.1 Å². The fraction of sp³-hybridized carbons (Fsp3) is 0.357. The SMILES string of the molecule is FC(F)(F)c1ccc(C[C@@H]2Cn3cncc3CN2)cc1. The van der Waals surface area contributed by atoms with Crippen LogP contribution in [0.25, 0.3) is 0 Å². The van der Waals surface area contributed by atoms with E-state index in [4.69, 9.17) is 0 Å². The van der Waals surface area contributed by atoms with E-state index in [9.17, 15) is 13.2 Å². The molecule has 0 spiro atoms. The van der Waals surface area contributed by atoms with Gasteiger partial charge < -0.3 is 9.88 Å². The van der Waals surface area contributed by atoms with Crippen molar-refractivity contribution in [2.75, 3.05) is 0 Å². The standard InChI is InChI=1S/C14H14F3N3/c15-14(16,17)11-3-1-10(2-4-11)5-12-8-20-9-18-6-13(20)7-19-12/h1-4,6,9,12,19H,5,7-8H2/t12-/m1/s1. The smallest absolute Gasteiger partial charge is 0.332 e. The number of halogens is 3. The van der Waals surface area contributed by atoms with Gasteiger partial charge in [-0.05, 0) is 24.1 Å². The second-order valence-corrected chi connectivity index (χ2v) is 5.01. The third-order valence-corrected chi connectivity index (χ3v) is 3.55. The molecule has 1 aliphatic heterocycles. The summed E-state index contributed by atoms with van der Waals surface area (Å²) in [6.45, 7) is 1.53. The van der Waals surface area contributed by atoms with Crippen molar-refractivity contribution in [3.8, 4) is 0 Å². The number of rotatable bonds is 2. The van der Waals surface area contributed by atoms with E-state index in [0.717, 1.165) is 36.5 Å². The molecule has 106 valence electrons. The van der Waals surface area contributed by atoms with Crippen LogP contribution >= 0.6 is 0 Å². The largest absolute Gasteiger partial charge is 0.416 e. The number of fused-ring (bicyclic) bond motifs is 1. The van der Waals surface area contributed by atoms with E-state index < -0.39 is 11.7 Å². The average molecular weight is 281 g/mol. The molecule has 0 saturated heterocycles. The molecule has 1 aromatic heterocycles. The van der Waals surface area contributed by atoms with E-state index in [-0.39, 0.29) is 6.04 Å².